The number of hydrogen-bond donors (Lipinski definition) is 2. The van der Waals surface area contributed by atoms with E-state index in [9.17, 15) is 4.79 Å². The van der Waals surface area contributed by atoms with Crippen molar-refractivity contribution in [3.63, 3.8) is 0 Å². The molecule has 24 heavy (non-hydrogen) atoms. The largest absolute Gasteiger partial charge is 0.368 e. The Balaban J connectivity index is 1.84. The zero-order valence-electron chi connectivity index (χ0n) is 14.3. The van der Waals surface area contributed by atoms with Crippen LogP contribution in [0.1, 0.15) is 55.1 Å². The van der Waals surface area contributed by atoms with E-state index < -0.39 is 0 Å². The van der Waals surface area contributed by atoms with Gasteiger partial charge in [0.25, 0.3) is 5.91 Å². The van der Waals surface area contributed by atoms with Gasteiger partial charge in [0.1, 0.15) is 0 Å². The monoisotopic (exact) mass is 326 g/mol. The lowest BCUT2D eigenvalue weighted by Crippen LogP contribution is -2.25. The fourth-order valence-electron chi connectivity index (χ4n) is 2.43. The number of carbonyl (C=O) groups is 1. The minimum atomic E-state index is -0.208. The molecule has 0 aliphatic heterocycles. The lowest BCUT2D eigenvalue weighted by molar-refractivity contribution is 0.0946. The Morgan fingerprint density at radius 1 is 1.00 bits per heavy atom. The number of nitrogens with zero attached hydrogens (tertiary/aromatic N) is 2. The Hall–Kier alpha value is -2.43. The van der Waals surface area contributed by atoms with Crippen molar-refractivity contribution in [2.24, 2.45) is 0 Å². The lowest BCUT2D eigenvalue weighted by Gasteiger charge is -2.10. The van der Waals surface area contributed by atoms with Crippen LogP contribution in [0.15, 0.2) is 42.7 Å². The molecule has 0 aliphatic rings. The van der Waals surface area contributed by atoms with Crippen LogP contribution in [0.5, 0.6) is 0 Å². The number of hydrogen-bond acceptors (Lipinski definition) is 4. The Morgan fingerprint density at radius 2 is 1.75 bits per heavy atom. The third-order valence-electron chi connectivity index (χ3n) is 3.78. The van der Waals surface area contributed by atoms with Crippen molar-refractivity contribution in [2.45, 2.75) is 45.6 Å². The van der Waals surface area contributed by atoms with E-state index in [1.165, 1.54) is 25.7 Å². The number of benzene rings is 1. The fraction of sp³-hybridized carbons (Fsp3) is 0.421. The molecular formula is C19H26N4O. The van der Waals surface area contributed by atoms with Gasteiger partial charge in [0, 0.05) is 25.5 Å². The number of aromatic nitrogens is 2. The van der Waals surface area contributed by atoms with Crippen LogP contribution in [0.25, 0.3) is 0 Å². The first-order chi connectivity index (χ1) is 11.8. The van der Waals surface area contributed by atoms with Crippen LogP contribution in [0.3, 0.4) is 0 Å². The highest BCUT2D eigenvalue weighted by Crippen LogP contribution is 2.10. The summed E-state index contributed by atoms with van der Waals surface area (Å²) in [5.74, 6) is 0.346. The van der Waals surface area contributed by atoms with Gasteiger partial charge in [-0.2, -0.15) is 0 Å². The molecule has 0 atom stereocenters. The summed E-state index contributed by atoms with van der Waals surface area (Å²) >= 11 is 0. The van der Waals surface area contributed by atoms with Gasteiger partial charge in [0.15, 0.2) is 11.5 Å². The van der Waals surface area contributed by atoms with Crippen LogP contribution in [-0.4, -0.2) is 22.4 Å². The summed E-state index contributed by atoms with van der Waals surface area (Å²) in [5.41, 5.74) is 1.40. The predicted octanol–water partition coefficient (Wildman–Crippen LogP) is 3.79. The van der Waals surface area contributed by atoms with E-state index in [0.29, 0.717) is 18.1 Å². The van der Waals surface area contributed by atoms with Crippen LogP contribution in [0.2, 0.25) is 0 Å². The lowest BCUT2D eigenvalue weighted by atomic mass is 10.1. The highest BCUT2D eigenvalue weighted by Gasteiger charge is 2.13. The average Bonchev–Trinajstić information content (AvgIpc) is 2.64. The van der Waals surface area contributed by atoms with Crippen LogP contribution >= 0.6 is 0 Å². The van der Waals surface area contributed by atoms with Crippen molar-refractivity contribution in [3.8, 4) is 0 Å². The van der Waals surface area contributed by atoms with Crippen LogP contribution < -0.4 is 10.6 Å². The molecule has 128 valence electrons. The number of amides is 1. The minimum Gasteiger partial charge on any atom is -0.368 e. The highest BCUT2D eigenvalue weighted by atomic mass is 16.1. The third kappa shape index (κ3) is 5.99. The van der Waals surface area contributed by atoms with Crippen LogP contribution in [-0.2, 0) is 6.54 Å². The second kappa shape index (κ2) is 10.4. The molecule has 0 unspecified atom stereocenters. The smallest absolute Gasteiger partial charge is 0.273 e. The molecule has 1 aromatic carbocycles. The molecule has 1 amide bonds. The predicted molar refractivity (Wildman–Crippen MR) is 96.9 cm³/mol. The summed E-state index contributed by atoms with van der Waals surface area (Å²) < 4.78 is 0. The van der Waals surface area contributed by atoms with E-state index in [-0.39, 0.29) is 5.91 Å². The van der Waals surface area contributed by atoms with Crippen molar-refractivity contribution in [1.29, 1.82) is 0 Å². The standard InChI is InChI=1S/C19H26N4O/c1-2-3-4-5-9-12-21-18-17(20-13-14-22-18)19(24)23-15-16-10-7-6-8-11-16/h6-8,10-11,13-14H,2-5,9,12,15H2,1H3,(H,21,22)(H,23,24). The van der Waals surface area contributed by atoms with E-state index >= 15 is 0 Å². The number of nitrogens with one attached hydrogen (secondary N) is 2. The molecule has 5 nitrogen and oxygen atoms in total. The summed E-state index contributed by atoms with van der Waals surface area (Å²) in [6, 6.07) is 9.82. The molecule has 0 radical (unpaired) electrons. The molecule has 0 bridgehead atoms. The van der Waals surface area contributed by atoms with Gasteiger partial charge in [-0.15, -0.1) is 0 Å². The van der Waals surface area contributed by atoms with Gasteiger partial charge < -0.3 is 10.6 Å². The molecule has 0 saturated heterocycles. The first-order valence-corrected chi connectivity index (χ1v) is 8.68. The molecule has 0 fully saturated rings. The summed E-state index contributed by atoms with van der Waals surface area (Å²) in [4.78, 5) is 20.8. The van der Waals surface area contributed by atoms with Crippen molar-refractivity contribution in [2.75, 3.05) is 11.9 Å². The summed E-state index contributed by atoms with van der Waals surface area (Å²) in [5, 5.41) is 6.13. The molecule has 1 heterocycles. The molecule has 1 aromatic heterocycles. The maximum Gasteiger partial charge on any atom is 0.273 e. The molecular weight excluding hydrogens is 300 g/mol. The maximum atomic E-state index is 12.4. The van der Waals surface area contributed by atoms with Crippen LogP contribution in [0, 0.1) is 0 Å². The second-order valence-electron chi connectivity index (χ2n) is 5.76. The second-order valence-corrected chi connectivity index (χ2v) is 5.76. The zero-order chi connectivity index (χ0) is 17.0. The van der Waals surface area contributed by atoms with Gasteiger partial charge >= 0.3 is 0 Å². The van der Waals surface area contributed by atoms with Crippen molar-refractivity contribution < 1.29 is 4.79 Å². The van der Waals surface area contributed by atoms with Crippen molar-refractivity contribution in [1.82, 2.24) is 15.3 Å². The normalized spacial score (nSPS) is 10.4. The van der Waals surface area contributed by atoms with Gasteiger partial charge in [-0.25, -0.2) is 9.97 Å². The first kappa shape index (κ1) is 17.9. The number of unbranched alkanes of at least 4 members (excludes halogenated alkanes) is 4. The number of rotatable bonds is 10. The summed E-state index contributed by atoms with van der Waals surface area (Å²) in [6.07, 6.45) is 9.18. The zero-order valence-corrected chi connectivity index (χ0v) is 14.3. The molecule has 5 heteroatoms. The molecule has 0 spiro atoms. The summed E-state index contributed by atoms with van der Waals surface area (Å²) in [7, 11) is 0. The number of carbonyl (C=O) groups excluding carboxylic acids is 1. The Labute approximate surface area is 143 Å². The van der Waals surface area contributed by atoms with Gasteiger partial charge in [0.2, 0.25) is 0 Å². The van der Waals surface area contributed by atoms with E-state index in [1.54, 1.807) is 12.4 Å². The topological polar surface area (TPSA) is 66.9 Å². The first-order valence-electron chi connectivity index (χ1n) is 8.68. The van der Waals surface area contributed by atoms with Gasteiger partial charge in [0.05, 0.1) is 0 Å². The molecule has 2 aromatic rings. The van der Waals surface area contributed by atoms with Crippen LogP contribution in [0.4, 0.5) is 5.82 Å². The van der Waals surface area contributed by atoms with E-state index in [4.69, 9.17) is 0 Å². The van der Waals surface area contributed by atoms with E-state index in [2.05, 4.69) is 27.5 Å². The van der Waals surface area contributed by atoms with Gasteiger partial charge in [-0.3, -0.25) is 4.79 Å². The Bertz CT molecular complexity index is 616. The summed E-state index contributed by atoms with van der Waals surface area (Å²) in [6.45, 7) is 3.49. The Morgan fingerprint density at radius 3 is 2.54 bits per heavy atom. The fourth-order valence-corrected chi connectivity index (χ4v) is 2.43. The average molecular weight is 326 g/mol. The highest BCUT2D eigenvalue weighted by molar-refractivity contribution is 5.96. The third-order valence-corrected chi connectivity index (χ3v) is 3.78. The van der Waals surface area contributed by atoms with Crippen molar-refractivity contribution in [3.05, 3.63) is 54.0 Å². The van der Waals surface area contributed by atoms with Gasteiger partial charge in [-0.1, -0.05) is 62.9 Å². The molecule has 0 aliphatic carbocycles. The Kier molecular flexibility index (Phi) is 7.74. The van der Waals surface area contributed by atoms with E-state index in [1.807, 2.05) is 30.3 Å². The van der Waals surface area contributed by atoms with E-state index in [0.717, 1.165) is 18.5 Å². The molecule has 2 rings (SSSR count). The maximum absolute atomic E-state index is 12.4. The quantitative estimate of drug-likeness (QED) is 0.652. The van der Waals surface area contributed by atoms with Gasteiger partial charge in [-0.05, 0) is 12.0 Å². The number of anilines is 1. The SMILES string of the molecule is CCCCCCCNc1nccnc1C(=O)NCc1ccccc1. The minimum absolute atomic E-state index is 0.208. The molecule has 0 saturated carbocycles. The van der Waals surface area contributed by atoms with Crippen molar-refractivity contribution >= 4 is 11.7 Å². The molecule has 2 N–H and O–H groups in total.